The summed E-state index contributed by atoms with van der Waals surface area (Å²) in [6.07, 6.45) is 0. The van der Waals surface area contributed by atoms with Crippen molar-refractivity contribution < 1.29 is 13.6 Å². The van der Waals surface area contributed by atoms with Crippen molar-refractivity contribution in [1.82, 2.24) is 0 Å². The molecule has 1 aromatic heterocycles. The van der Waals surface area contributed by atoms with E-state index in [1.165, 1.54) is 11.3 Å². The van der Waals surface area contributed by atoms with Gasteiger partial charge in [0, 0.05) is 17.3 Å². The first-order chi connectivity index (χ1) is 7.59. The van der Waals surface area contributed by atoms with E-state index in [-0.39, 0.29) is 11.3 Å². The highest BCUT2D eigenvalue weighted by Crippen LogP contribution is 2.22. The molecule has 0 aliphatic rings. The molecule has 0 spiro atoms. The van der Waals surface area contributed by atoms with Crippen molar-refractivity contribution in [2.75, 3.05) is 5.73 Å². The minimum atomic E-state index is -1.07. The van der Waals surface area contributed by atoms with Gasteiger partial charge in [0.2, 0.25) is 5.78 Å². The molecular formula is C11H7F2NOS. The Hall–Kier alpha value is -1.75. The molecule has 2 N–H and O–H groups in total. The third kappa shape index (κ3) is 1.81. The maximum atomic E-state index is 13.0. The average molecular weight is 239 g/mol. The van der Waals surface area contributed by atoms with Crippen molar-refractivity contribution >= 4 is 22.8 Å². The van der Waals surface area contributed by atoms with Crippen LogP contribution < -0.4 is 5.73 Å². The zero-order valence-electron chi connectivity index (χ0n) is 8.04. The van der Waals surface area contributed by atoms with Crippen LogP contribution >= 0.6 is 11.3 Å². The number of carbonyl (C=O) groups is 1. The maximum absolute atomic E-state index is 13.0. The number of nitrogen functional groups attached to an aromatic ring is 1. The van der Waals surface area contributed by atoms with E-state index in [1.807, 2.05) is 0 Å². The van der Waals surface area contributed by atoms with Gasteiger partial charge in [-0.15, -0.1) is 11.3 Å². The summed E-state index contributed by atoms with van der Waals surface area (Å²) in [5.41, 5.74) is 5.40. The first-order valence-corrected chi connectivity index (χ1v) is 5.30. The Kier molecular flexibility index (Phi) is 2.70. The van der Waals surface area contributed by atoms with Gasteiger partial charge in [-0.3, -0.25) is 4.79 Å². The summed E-state index contributed by atoms with van der Waals surface area (Å²) in [6.45, 7) is 0. The Labute approximate surface area is 94.3 Å². The first-order valence-electron chi connectivity index (χ1n) is 4.42. The molecule has 0 fully saturated rings. The lowest BCUT2D eigenvalue weighted by atomic mass is 10.1. The SMILES string of the molecule is Nc1cc(F)c(F)cc1C(=O)c1cccs1. The molecule has 0 unspecified atom stereocenters. The zero-order chi connectivity index (χ0) is 11.7. The van der Waals surface area contributed by atoms with E-state index in [4.69, 9.17) is 5.73 Å². The van der Waals surface area contributed by atoms with Crippen LogP contribution in [0.3, 0.4) is 0 Å². The lowest BCUT2D eigenvalue weighted by Gasteiger charge is -2.04. The molecule has 0 atom stereocenters. The lowest BCUT2D eigenvalue weighted by Crippen LogP contribution is -2.05. The van der Waals surface area contributed by atoms with E-state index < -0.39 is 17.4 Å². The van der Waals surface area contributed by atoms with E-state index in [2.05, 4.69) is 0 Å². The monoisotopic (exact) mass is 239 g/mol. The van der Waals surface area contributed by atoms with E-state index >= 15 is 0 Å². The van der Waals surface area contributed by atoms with E-state index in [1.54, 1.807) is 17.5 Å². The molecule has 5 heteroatoms. The molecule has 0 aliphatic carbocycles. The number of carbonyl (C=O) groups excluding carboxylic acids is 1. The minimum Gasteiger partial charge on any atom is -0.398 e. The highest BCUT2D eigenvalue weighted by atomic mass is 32.1. The fourth-order valence-electron chi connectivity index (χ4n) is 1.30. The van der Waals surface area contributed by atoms with Crippen LogP contribution in [0.4, 0.5) is 14.5 Å². The Balaban J connectivity index is 2.49. The molecule has 0 radical (unpaired) electrons. The van der Waals surface area contributed by atoms with Crippen LogP contribution in [0.2, 0.25) is 0 Å². The topological polar surface area (TPSA) is 43.1 Å². The summed E-state index contributed by atoms with van der Waals surface area (Å²) >= 11 is 1.22. The van der Waals surface area contributed by atoms with Gasteiger partial charge in [0.1, 0.15) is 0 Å². The van der Waals surface area contributed by atoms with Crippen LogP contribution in [0.15, 0.2) is 29.6 Å². The molecule has 0 bridgehead atoms. The zero-order valence-corrected chi connectivity index (χ0v) is 8.85. The van der Waals surface area contributed by atoms with Crippen LogP contribution in [-0.2, 0) is 0 Å². The Morgan fingerprint density at radius 3 is 2.56 bits per heavy atom. The molecule has 16 heavy (non-hydrogen) atoms. The number of rotatable bonds is 2. The van der Waals surface area contributed by atoms with Gasteiger partial charge in [-0.2, -0.15) is 0 Å². The summed E-state index contributed by atoms with van der Waals surface area (Å²) in [6, 6.07) is 4.95. The van der Waals surface area contributed by atoms with Gasteiger partial charge >= 0.3 is 0 Å². The maximum Gasteiger partial charge on any atom is 0.205 e. The van der Waals surface area contributed by atoms with Crippen molar-refractivity contribution in [2.24, 2.45) is 0 Å². The summed E-state index contributed by atoms with van der Waals surface area (Å²) in [5.74, 6) is -2.53. The molecule has 1 heterocycles. The number of hydrogen-bond acceptors (Lipinski definition) is 3. The predicted octanol–water partition coefficient (Wildman–Crippen LogP) is 2.84. The van der Waals surface area contributed by atoms with Gasteiger partial charge in [0.25, 0.3) is 0 Å². The van der Waals surface area contributed by atoms with Crippen LogP contribution in [0.1, 0.15) is 15.2 Å². The highest BCUT2D eigenvalue weighted by molar-refractivity contribution is 7.12. The number of nitrogens with two attached hydrogens (primary N) is 1. The molecule has 82 valence electrons. The molecule has 1 aromatic carbocycles. The molecule has 0 amide bonds. The van der Waals surface area contributed by atoms with Gasteiger partial charge in [-0.25, -0.2) is 8.78 Å². The fourth-order valence-corrected chi connectivity index (χ4v) is 1.98. The van der Waals surface area contributed by atoms with Gasteiger partial charge in [0.05, 0.1) is 4.88 Å². The number of hydrogen-bond donors (Lipinski definition) is 1. The number of thiophene rings is 1. The highest BCUT2D eigenvalue weighted by Gasteiger charge is 2.16. The van der Waals surface area contributed by atoms with Crippen LogP contribution in [0.25, 0.3) is 0 Å². The van der Waals surface area contributed by atoms with Crippen molar-refractivity contribution in [3.05, 3.63) is 51.7 Å². The number of anilines is 1. The predicted molar refractivity (Wildman–Crippen MR) is 58.5 cm³/mol. The van der Waals surface area contributed by atoms with Crippen LogP contribution in [-0.4, -0.2) is 5.78 Å². The second kappa shape index (κ2) is 4.02. The smallest absolute Gasteiger partial charge is 0.205 e. The van der Waals surface area contributed by atoms with Crippen molar-refractivity contribution in [1.29, 1.82) is 0 Å². The Bertz CT molecular complexity index is 537. The minimum absolute atomic E-state index is 0.0126. The van der Waals surface area contributed by atoms with E-state index in [0.29, 0.717) is 4.88 Å². The van der Waals surface area contributed by atoms with E-state index in [0.717, 1.165) is 12.1 Å². The summed E-state index contributed by atoms with van der Waals surface area (Å²) in [7, 11) is 0. The molecule has 2 aromatic rings. The van der Waals surface area contributed by atoms with Gasteiger partial charge in [-0.1, -0.05) is 6.07 Å². The third-order valence-corrected chi connectivity index (χ3v) is 2.95. The molecule has 0 saturated heterocycles. The van der Waals surface area contributed by atoms with Gasteiger partial charge in [0.15, 0.2) is 11.6 Å². The van der Waals surface area contributed by atoms with Gasteiger partial charge in [-0.05, 0) is 17.5 Å². The number of halogens is 2. The lowest BCUT2D eigenvalue weighted by molar-refractivity contribution is 0.104. The van der Waals surface area contributed by atoms with E-state index in [9.17, 15) is 13.6 Å². The first kappa shape index (κ1) is 10.8. The molecule has 0 aliphatic heterocycles. The third-order valence-electron chi connectivity index (χ3n) is 2.08. The van der Waals surface area contributed by atoms with Gasteiger partial charge < -0.3 is 5.73 Å². The van der Waals surface area contributed by atoms with Crippen molar-refractivity contribution in [2.45, 2.75) is 0 Å². The molecule has 2 rings (SSSR count). The second-order valence-corrected chi connectivity index (χ2v) is 4.11. The molecule has 2 nitrogen and oxygen atoms in total. The molecule has 0 saturated carbocycles. The second-order valence-electron chi connectivity index (χ2n) is 3.16. The van der Waals surface area contributed by atoms with Crippen molar-refractivity contribution in [3.8, 4) is 0 Å². The van der Waals surface area contributed by atoms with Crippen LogP contribution in [0, 0.1) is 11.6 Å². The average Bonchev–Trinajstić information content (AvgIpc) is 2.75. The van der Waals surface area contributed by atoms with Crippen molar-refractivity contribution in [3.63, 3.8) is 0 Å². The molecular weight excluding hydrogens is 232 g/mol. The quantitative estimate of drug-likeness (QED) is 0.646. The summed E-state index contributed by atoms with van der Waals surface area (Å²) in [4.78, 5) is 12.3. The normalized spacial score (nSPS) is 10.4. The Morgan fingerprint density at radius 1 is 1.25 bits per heavy atom. The number of ketones is 1. The standard InChI is InChI=1S/C11H7F2NOS/c12-7-4-6(9(14)5-8(7)13)11(15)10-2-1-3-16-10/h1-5H,14H2. The summed E-state index contributed by atoms with van der Waals surface area (Å²) in [5, 5.41) is 1.73. The summed E-state index contributed by atoms with van der Waals surface area (Å²) < 4.78 is 25.8. The fraction of sp³-hybridized carbons (Fsp3) is 0. The van der Waals surface area contributed by atoms with Crippen LogP contribution in [0.5, 0.6) is 0 Å². The largest absolute Gasteiger partial charge is 0.398 e. The Morgan fingerprint density at radius 2 is 1.94 bits per heavy atom. The number of benzene rings is 1.